The summed E-state index contributed by atoms with van der Waals surface area (Å²) in [6.45, 7) is 1.30. The summed E-state index contributed by atoms with van der Waals surface area (Å²) >= 11 is 0. The van der Waals surface area contributed by atoms with E-state index in [0.717, 1.165) is 30.8 Å². The number of aromatic amines is 1. The molecule has 2 atom stereocenters. The number of nitrogen functional groups attached to an aromatic ring is 1. The Labute approximate surface area is 152 Å². The molecule has 1 fully saturated rings. The Morgan fingerprint density at radius 3 is 2.88 bits per heavy atom. The molecule has 2 heterocycles. The van der Waals surface area contributed by atoms with Gasteiger partial charge in [0.15, 0.2) is 5.95 Å². The van der Waals surface area contributed by atoms with Crippen molar-refractivity contribution < 1.29 is 14.3 Å². The molecule has 8 nitrogen and oxygen atoms in total. The van der Waals surface area contributed by atoms with Gasteiger partial charge < -0.3 is 30.8 Å². The molecule has 5 N–H and O–H groups in total. The minimum atomic E-state index is -0.397. The number of aromatic nitrogens is 2. The summed E-state index contributed by atoms with van der Waals surface area (Å²) in [5, 5.41) is 6.18. The zero-order valence-electron chi connectivity index (χ0n) is 14.8. The molecule has 0 bridgehead atoms. The van der Waals surface area contributed by atoms with E-state index in [4.69, 9.17) is 15.2 Å². The molecule has 1 aromatic heterocycles. The molecule has 0 radical (unpaired) electrons. The lowest BCUT2D eigenvalue weighted by Gasteiger charge is -2.20. The first-order valence-electron chi connectivity index (χ1n) is 8.74. The van der Waals surface area contributed by atoms with Gasteiger partial charge in [0, 0.05) is 24.7 Å². The Morgan fingerprint density at radius 1 is 1.38 bits per heavy atom. The lowest BCUT2D eigenvalue weighted by molar-refractivity contribution is 0.0902. The first-order valence-corrected chi connectivity index (χ1v) is 8.74. The second-order valence-electron chi connectivity index (χ2n) is 6.32. The summed E-state index contributed by atoms with van der Waals surface area (Å²) in [5.74, 6) is 1.21. The zero-order valence-corrected chi connectivity index (χ0v) is 14.8. The van der Waals surface area contributed by atoms with Crippen molar-refractivity contribution in [2.24, 2.45) is 0 Å². The third kappa shape index (κ3) is 4.89. The zero-order chi connectivity index (χ0) is 18.4. The fraction of sp³-hybridized carbons (Fsp3) is 0.444. The molecule has 26 heavy (non-hydrogen) atoms. The van der Waals surface area contributed by atoms with Crippen molar-refractivity contribution in [3.8, 4) is 5.75 Å². The molecule has 0 saturated carbocycles. The number of hydrogen-bond donors (Lipinski definition) is 4. The molecule has 2 aromatic rings. The van der Waals surface area contributed by atoms with Crippen LogP contribution >= 0.6 is 0 Å². The van der Waals surface area contributed by atoms with Gasteiger partial charge in [0.05, 0.1) is 13.3 Å². The highest BCUT2D eigenvalue weighted by Gasteiger charge is 2.30. The summed E-state index contributed by atoms with van der Waals surface area (Å²) in [5.41, 5.74) is 7.58. The SMILES string of the molecule is COc1ccc(C[C@H]2NCC[C@H]2OC(=O)NCCc2cnc(N)[nH]2)cc1. The van der Waals surface area contributed by atoms with Crippen molar-refractivity contribution in [1.29, 1.82) is 0 Å². The van der Waals surface area contributed by atoms with E-state index >= 15 is 0 Å². The van der Waals surface area contributed by atoms with Crippen molar-refractivity contribution in [1.82, 2.24) is 20.6 Å². The van der Waals surface area contributed by atoms with Gasteiger partial charge in [-0.05, 0) is 37.1 Å². The average molecular weight is 359 g/mol. The van der Waals surface area contributed by atoms with Gasteiger partial charge in [0.25, 0.3) is 0 Å². The number of carbonyl (C=O) groups is 1. The standard InChI is InChI=1S/C18H25N5O3/c1-25-14-4-2-12(3-5-14)10-15-16(7-9-20-15)26-18(24)21-8-6-13-11-22-17(19)23-13/h2-5,11,15-16,20H,6-10H2,1H3,(H,21,24)(H3,19,22,23)/t15-,16-/m1/s1. The lowest BCUT2D eigenvalue weighted by atomic mass is 10.0. The average Bonchev–Trinajstić information content (AvgIpc) is 3.25. The van der Waals surface area contributed by atoms with Crippen LogP contribution in [0.25, 0.3) is 0 Å². The molecular weight excluding hydrogens is 334 g/mol. The first kappa shape index (κ1) is 18.1. The number of ether oxygens (including phenoxy) is 2. The van der Waals surface area contributed by atoms with Crippen LogP contribution in [0.3, 0.4) is 0 Å². The molecule has 8 heteroatoms. The van der Waals surface area contributed by atoms with Gasteiger partial charge in [-0.1, -0.05) is 12.1 Å². The molecule has 3 rings (SSSR count). The fourth-order valence-electron chi connectivity index (χ4n) is 3.09. The van der Waals surface area contributed by atoms with Crippen molar-refractivity contribution in [2.75, 3.05) is 25.9 Å². The molecule has 0 unspecified atom stereocenters. The fourth-order valence-corrected chi connectivity index (χ4v) is 3.09. The second-order valence-corrected chi connectivity index (χ2v) is 6.32. The van der Waals surface area contributed by atoms with Gasteiger partial charge in [0.2, 0.25) is 0 Å². The summed E-state index contributed by atoms with van der Waals surface area (Å²) in [7, 11) is 1.65. The van der Waals surface area contributed by atoms with Gasteiger partial charge in [-0.25, -0.2) is 9.78 Å². The van der Waals surface area contributed by atoms with Crippen molar-refractivity contribution in [2.45, 2.75) is 31.4 Å². The largest absolute Gasteiger partial charge is 0.497 e. The molecule has 0 spiro atoms. The number of alkyl carbamates (subject to hydrolysis) is 1. The predicted molar refractivity (Wildman–Crippen MR) is 98.1 cm³/mol. The molecule has 0 aliphatic carbocycles. The van der Waals surface area contributed by atoms with Crippen LogP contribution in [0.2, 0.25) is 0 Å². The minimum Gasteiger partial charge on any atom is -0.497 e. The second kappa shape index (κ2) is 8.57. The minimum absolute atomic E-state index is 0.113. The van der Waals surface area contributed by atoms with E-state index in [1.165, 1.54) is 5.56 Å². The van der Waals surface area contributed by atoms with Gasteiger partial charge in [-0.15, -0.1) is 0 Å². The maximum Gasteiger partial charge on any atom is 0.407 e. The van der Waals surface area contributed by atoms with Crippen molar-refractivity contribution >= 4 is 12.0 Å². The Kier molecular flexibility index (Phi) is 5.96. The van der Waals surface area contributed by atoms with Gasteiger partial charge in [-0.2, -0.15) is 0 Å². The maximum atomic E-state index is 12.0. The molecule has 1 amide bonds. The number of imidazole rings is 1. The number of hydrogen-bond acceptors (Lipinski definition) is 6. The molecule has 1 aliphatic heterocycles. The number of nitrogens with one attached hydrogen (secondary N) is 3. The summed E-state index contributed by atoms with van der Waals surface area (Å²) in [6, 6.07) is 8.06. The quantitative estimate of drug-likeness (QED) is 0.591. The summed E-state index contributed by atoms with van der Waals surface area (Å²) in [4.78, 5) is 18.9. The Balaban J connectivity index is 1.44. The third-order valence-electron chi connectivity index (χ3n) is 4.47. The van der Waals surface area contributed by atoms with E-state index in [0.29, 0.717) is 18.9 Å². The number of anilines is 1. The van der Waals surface area contributed by atoms with Crippen LogP contribution in [0, 0.1) is 0 Å². The number of nitrogens with zero attached hydrogens (tertiary/aromatic N) is 1. The highest BCUT2D eigenvalue weighted by Crippen LogP contribution is 2.18. The van der Waals surface area contributed by atoms with E-state index < -0.39 is 6.09 Å². The van der Waals surface area contributed by atoms with E-state index in [9.17, 15) is 4.79 Å². The summed E-state index contributed by atoms with van der Waals surface area (Å²) < 4.78 is 10.8. The number of rotatable bonds is 7. The maximum absolute atomic E-state index is 12.0. The van der Waals surface area contributed by atoms with Crippen LogP contribution in [0.4, 0.5) is 10.7 Å². The Morgan fingerprint density at radius 2 is 2.19 bits per heavy atom. The third-order valence-corrected chi connectivity index (χ3v) is 4.47. The van der Waals surface area contributed by atoms with E-state index in [1.54, 1.807) is 13.3 Å². The summed E-state index contributed by atoms with van der Waals surface area (Å²) in [6.07, 6.45) is 3.36. The van der Waals surface area contributed by atoms with E-state index in [2.05, 4.69) is 20.6 Å². The smallest absolute Gasteiger partial charge is 0.407 e. The number of carbonyl (C=O) groups excluding carboxylic acids is 1. The van der Waals surface area contributed by atoms with Gasteiger partial charge >= 0.3 is 6.09 Å². The van der Waals surface area contributed by atoms with Crippen LogP contribution in [0.1, 0.15) is 17.7 Å². The highest BCUT2D eigenvalue weighted by atomic mass is 16.6. The Hall–Kier alpha value is -2.74. The Bertz CT molecular complexity index is 716. The molecule has 1 saturated heterocycles. The molecule has 140 valence electrons. The van der Waals surface area contributed by atoms with Crippen LogP contribution in [0.5, 0.6) is 5.75 Å². The van der Waals surface area contributed by atoms with Crippen LogP contribution in [-0.4, -0.2) is 48.4 Å². The highest BCUT2D eigenvalue weighted by molar-refractivity contribution is 5.67. The number of benzene rings is 1. The van der Waals surface area contributed by atoms with E-state index in [1.807, 2.05) is 24.3 Å². The van der Waals surface area contributed by atoms with Crippen molar-refractivity contribution in [3.63, 3.8) is 0 Å². The number of nitrogens with two attached hydrogens (primary N) is 1. The van der Waals surface area contributed by atoms with Crippen LogP contribution < -0.4 is 21.1 Å². The van der Waals surface area contributed by atoms with Crippen molar-refractivity contribution in [3.05, 3.63) is 41.7 Å². The molecule has 1 aliphatic rings. The molecular formula is C18H25N5O3. The topological polar surface area (TPSA) is 114 Å². The number of methoxy groups -OCH3 is 1. The normalized spacial score (nSPS) is 19.3. The number of H-pyrrole nitrogens is 1. The first-order chi connectivity index (χ1) is 12.6. The molecule has 1 aromatic carbocycles. The van der Waals surface area contributed by atoms with Crippen LogP contribution in [0.15, 0.2) is 30.5 Å². The van der Waals surface area contributed by atoms with Gasteiger partial charge in [0.1, 0.15) is 11.9 Å². The number of amides is 1. The lowest BCUT2D eigenvalue weighted by Crippen LogP contribution is -2.38. The van der Waals surface area contributed by atoms with E-state index in [-0.39, 0.29) is 12.1 Å². The predicted octanol–water partition coefficient (Wildman–Crippen LogP) is 1.24. The van der Waals surface area contributed by atoms with Crippen LogP contribution in [-0.2, 0) is 17.6 Å². The van der Waals surface area contributed by atoms with Gasteiger partial charge in [-0.3, -0.25) is 0 Å². The monoisotopic (exact) mass is 359 g/mol.